The Labute approximate surface area is 145 Å². The van der Waals surface area contributed by atoms with Crippen LogP contribution >= 0.6 is 12.4 Å². The van der Waals surface area contributed by atoms with Crippen molar-refractivity contribution < 1.29 is 9.53 Å². The van der Waals surface area contributed by atoms with Gasteiger partial charge in [0.1, 0.15) is 6.04 Å². The molecule has 0 radical (unpaired) electrons. The number of methoxy groups -OCH3 is 1. The van der Waals surface area contributed by atoms with Crippen LogP contribution in [0.15, 0.2) is 24.3 Å². The average Bonchev–Trinajstić information content (AvgIpc) is 2.52. The lowest BCUT2D eigenvalue weighted by Gasteiger charge is -2.55. The maximum atomic E-state index is 12.5. The van der Waals surface area contributed by atoms with Gasteiger partial charge in [0.15, 0.2) is 0 Å². The second kappa shape index (κ2) is 8.13. The summed E-state index contributed by atoms with van der Waals surface area (Å²) in [7, 11) is 1.75. The monoisotopic (exact) mass is 340 g/mol. The summed E-state index contributed by atoms with van der Waals surface area (Å²) in [6.07, 6.45) is 3.08. The zero-order valence-electron chi connectivity index (χ0n) is 14.5. The molecule has 5 heteroatoms. The SMILES string of the molecule is CCC1(CC)C(NC(=O)C(N)c2ccc(C)cc2)CC1OC.Cl. The Kier molecular flexibility index (Phi) is 7.05. The van der Waals surface area contributed by atoms with E-state index in [4.69, 9.17) is 10.5 Å². The molecule has 23 heavy (non-hydrogen) atoms. The van der Waals surface area contributed by atoms with Gasteiger partial charge in [-0.1, -0.05) is 43.7 Å². The first-order chi connectivity index (χ1) is 10.5. The zero-order chi connectivity index (χ0) is 16.3. The molecule has 0 heterocycles. The van der Waals surface area contributed by atoms with Crippen molar-refractivity contribution in [2.45, 2.75) is 58.2 Å². The fourth-order valence-electron chi connectivity index (χ4n) is 3.67. The van der Waals surface area contributed by atoms with Crippen LogP contribution in [0, 0.1) is 12.3 Å². The van der Waals surface area contributed by atoms with E-state index >= 15 is 0 Å². The van der Waals surface area contributed by atoms with E-state index in [9.17, 15) is 4.79 Å². The number of nitrogens with two attached hydrogens (primary N) is 1. The highest BCUT2D eigenvalue weighted by Crippen LogP contribution is 2.48. The minimum absolute atomic E-state index is 0. The van der Waals surface area contributed by atoms with Crippen molar-refractivity contribution >= 4 is 18.3 Å². The molecular weight excluding hydrogens is 312 g/mol. The van der Waals surface area contributed by atoms with E-state index in [0.717, 1.165) is 30.4 Å². The molecule has 4 nitrogen and oxygen atoms in total. The molecule has 3 atom stereocenters. The Morgan fingerprint density at radius 2 is 1.91 bits per heavy atom. The normalized spacial score (nSPS) is 23.3. The Morgan fingerprint density at radius 1 is 1.35 bits per heavy atom. The van der Waals surface area contributed by atoms with Crippen LogP contribution in [0.25, 0.3) is 0 Å². The summed E-state index contributed by atoms with van der Waals surface area (Å²) in [5, 5.41) is 3.14. The topological polar surface area (TPSA) is 64.4 Å². The van der Waals surface area contributed by atoms with Gasteiger partial charge < -0.3 is 15.8 Å². The third-order valence-corrected chi connectivity index (χ3v) is 5.42. The second-order valence-corrected chi connectivity index (χ2v) is 6.35. The molecule has 0 aromatic heterocycles. The zero-order valence-corrected chi connectivity index (χ0v) is 15.3. The number of hydrogen-bond donors (Lipinski definition) is 2. The molecule has 1 aromatic carbocycles. The van der Waals surface area contributed by atoms with Gasteiger partial charge in [0.25, 0.3) is 0 Å². The van der Waals surface area contributed by atoms with Crippen LogP contribution in [-0.2, 0) is 9.53 Å². The van der Waals surface area contributed by atoms with E-state index in [1.807, 2.05) is 31.2 Å². The summed E-state index contributed by atoms with van der Waals surface area (Å²) in [6, 6.07) is 7.34. The van der Waals surface area contributed by atoms with E-state index in [2.05, 4.69) is 19.2 Å². The number of amides is 1. The number of benzene rings is 1. The Hall–Kier alpha value is -1.10. The lowest BCUT2D eigenvalue weighted by atomic mass is 9.58. The van der Waals surface area contributed by atoms with Gasteiger partial charge in [0, 0.05) is 18.6 Å². The number of carbonyl (C=O) groups excluding carboxylic acids is 1. The summed E-state index contributed by atoms with van der Waals surface area (Å²) in [4.78, 5) is 12.5. The minimum Gasteiger partial charge on any atom is -0.381 e. The van der Waals surface area contributed by atoms with Crippen molar-refractivity contribution in [3.05, 3.63) is 35.4 Å². The number of halogens is 1. The summed E-state index contributed by atoms with van der Waals surface area (Å²) in [5.41, 5.74) is 8.16. The fraction of sp³-hybridized carbons (Fsp3) is 0.611. The number of ether oxygens (including phenoxy) is 1. The third kappa shape index (κ3) is 3.70. The van der Waals surface area contributed by atoms with Crippen LogP contribution in [0.5, 0.6) is 0 Å². The van der Waals surface area contributed by atoms with E-state index in [0.29, 0.717) is 0 Å². The van der Waals surface area contributed by atoms with E-state index < -0.39 is 6.04 Å². The first-order valence-corrected chi connectivity index (χ1v) is 8.13. The number of rotatable bonds is 6. The van der Waals surface area contributed by atoms with Gasteiger partial charge >= 0.3 is 0 Å². The second-order valence-electron chi connectivity index (χ2n) is 6.35. The van der Waals surface area contributed by atoms with E-state index in [-0.39, 0.29) is 35.9 Å². The fourth-order valence-corrected chi connectivity index (χ4v) is 3.67. The molecule has 1 aromatic rings. The van der Waals surface area contributed by atoms with Gasteiger partial charge in [-0.3, -0.25) is 4.79 Å². The molecule has 130 valence electrons. The molecule has 0 spiro atoms. The van der Waals surface area contributed by atoms with Crippen molar-refractivity contribution in [3.63, 3.8) is 0 Å². The van der Waals surface area contributed by atoms with Gasteiger partial charge in [-0.15, -0.1) is 12.4 Å². The van der Waals surface area contributed by atoms with E-state index in [1.165, 1.54) is 0 Å². The standard InChI is InChI=1S/C18H28N2O2.ClH/c1-5-18(6-2)14(11-15(18)22-4)20-17(21)16(19)13-9-7-12(3)8-10-13;/h7-10,14-16H,5-6,11,19H2,1-4H3,(H,20,21);1H. The lowest BCUT2D eigenvalue weighted by molar-refractivity contribution is -0.142. The van der Waals surface area contributed by atoms with Gasteiger partial charge in [0.2, 0.25) is 5.91 Å². The summed E-state index contributed by atoms with van der Waals surface area (Å²) < 4.78 is 5.57. The maximum Gasteiger partial charge on any atom is 0.241 e. The molecule has 3 N–H and O–H groups in total. The molecule has 1 saturated carbocycles. The third-order valence-electron chi connectivity index (χ3n) is 5.42. The molecule has 0 saturated heterocycles. The number of hydrogen-bond acceptors (Lipinski definition) is 3. The van der Waals surface area contributed by atoms with Crippen molar-refractivity contribution in [2.75, 3.05) is 7.11 Å². The first kappa shape index (κ1) is 19.9. The highest BCUT2D eigenvalue weighted by molar-refractivity contribution is 5.85. The van der Waals surface area contributed by atoms with Crippen LogP contribution in [-0.4, -0.2) is 25.2 Å². The highest BCUT2D eigenvalue weighted by Gasteiger charge is 2.53. The number of nitrogens with one attached hydrogen (secondary N) is 1. The molecular formula is C18H29ClN2O2. The van der Waals surface area contributed by atoms with Crippen molar-refractivity contribution in [1.29, 1.82) is 0 Å². The van der Waals surface area contributed by atoms with Crippen LogP contribution in [0.4, 0.5) is 0 Å². The highest BCUT2D eigenvalue weighted by atomic mass is 35.5. The summed E-state index contributed by atoms with van der Waals surface area (Å²) >= 11 is 0. The Bertz CT molecular complexity index is 514. The predicted octanol–water partition coefficient (Wildman–Crippen LogP) is 3.13. The Morgan fingerprint density at radius 3 is 2.39 bits per heavy atom. The summed E-state index contributed by atoms with van der Waals surface area (Å²) in [6.45, 7) is 6.34. The van der Waals surface area contributed by atoms with E-state index in [1.54, 1.807) is 7.11 Å². The molecule has 3 unspecified atom stereocenters. The van der Waals surface area contributed by atoms with Crippen LogP contribution in [0.2, 0.25) is 0 Å². The molecule has 1 aliphatic rings. The summed E-state index contributed by atoms with van der Waals surface area (Å²) in [5.74, 6) is -0.102. The molecule has 0 bridgehead atoms. The first-order valence-electron chi connectivity index (χ1n) is 8.13. The van der Waals surface area contributed by atoms with Crippen LogP contribution in [0.1, 0.15) is 50.3 Å². The maximum absolute atomic E-state index is 12.5. The van der Waals surface area contributed by atoms with Gasteiger partial charge in [-0.05, 0) is 31.7 Å². The quantitative estimate of drug-likeness (QED) is 0.836. The smallest absolute Gasteiger partial charge is 0.241 e. The lowest BCUT2D eigenvalue weighted by Crippen LogP contribution is -2.64. The van der Waals surface area contributed by atoms with Gasteiger partial charge in [0.05, 0.1) is 6.10 Å². The molecule has 2 rings (SSSR count). The number of aryl methyl sites for hydroxylation is 1. The van der Waals surface area contributed by atoms with Crippen LogP contribution in [0.3, 0.4) is 0 Å². The molecule has 1 fully saturated rings. The van der Waals surface area contributed by atoms with Crippen molar-refractivity contribution in [2.24, 2.45) is 11.1 Å². The largest absolute Gasteiger partial charge is 0.381 e. The van der Waals surface area contributed by atoms with Crippen LogP contribution < -0.4 is 11.1 Å². The average molecular weight is 341 g/mol. The molecule has 1 aliphatic carbocycles. The van der Waals surface area contributed by atoms with Crippen molar-refractivity contribution in [1.82, 2.24) is 5.32 Å². The number of carbonyl (C=O) groups is 1. The molecule has 1 amide bonds. The predicted molar refractivity (Wildman–Crippen MR) is 95.7 cm³/mol. The van der Waals surface area contributed by atoms with Gasteiger partial charge in [-0.25, -0.2) is 0 Å². The van der Waals surface area contributed by atoms with Gasteiger partial charge in [-0.2, -0.15) is 0 Å². The van der Waals surface area contributed by atoms with Crippen molar-refractivity contribution in [3.8, 4) is 0 Å². The molecule has 0 aliphatic heterocycles. The minimum atomic E-state index is -0.617. The Balaban J connectivity index is 0.00000264.